The zero-order valence-electron chi connectivity index (χ0n) is 13.3. The highest BCUT2D eigenvalue weighted by atomic mass is 32.2. The van der Waals surface area contributed by atoms with Crippen molar-refractivity contribution >= 4 is 38.4 Å². The molecule has 2 aromatic rings. The number of amides is 1. The van der Waals surface area contributed by atoms with Crippen LogP contribution in [0.3, 0.4) is 0 Å². The van der Waals surface area contributed by atoms with E-state index in [2.05, 4.69) is 0 Å². The van der Waals surface area contributed by atoms with E-state index in [1.807, 2.05) is 12.1 Å². The minimum absolute atomic E-state index is 0.124. The number of carbonyl (C=O) groups excluding carboxylic acids is 1. The van der Waals surface area contributed by atoms with Crippen LogP contribution in [0.2, 0.25) is 0 Å². The Morgan fingerprint density at radius 3 is 2.56 bits per heavy atom. The van der Waals surface area contributed by atoms with Gasteiger partial charge in [0.1, 0.15) is 6.54 Å². The number of hydrogen-bond donors (Lipinski definition) is 1. The second kappa shape index (κ2) is 5.45. The molecule has 1 N–H and O–H groups in total. The van der Waals surface area contributed by atoms with Gasteiger partial charge in [0.25, 0.3) is 10.0 Å². The second-order valence-corrected chi connectivity index (χ2v) is 8.14. The van der Waals surface area contributed by atoms with Crippen molar-refractivity contribution in [3.63, 3.8) is 0 Å². The maximum absolute atomic E-state index is 12.8. The molecule has 2 aliphatic heterocycles. The Kier molecular flexibility index (Phi) is 3.47. The number of benzene rings is 2. The van der Waals surface area contributed by atoms with Gasteiger partial charge in [0, 0.05) is 18.5 Å². The van der Waals surface area contributed by atoms with E-state index in [9.17, 15) is 18.0 Å². The quantitative estimate of drug-likeness (QED) is 0.890. The van der Waals surface area contributed by atoms with Crippen molar-refractivity contribution in [2.24, 2.45) is 5.92 Å². The lowest BCUT2D eigenvalue weighted by atomic mass is 10.1. The molecule has 2 aliphatic rings. The minimum atomic E-state index is -3.78. The highest BCUT2D eigenvalue weighted by molar-refractivity contribution is 7.93. The largest absolute Gasteiger partial charge is 0.481 e. The molecule has 25 heavy (non-hydrogen) atoms. The molecule has 0 radical (unpaired) electrons. The topological polar surface area (TPSA) is 95.0 Å². The summed E-state index contributed by atoms with van der Waals surface area (Å²) in [5.41, 5.74) is 0.496. The molecular formula is C17H16N2O5S. The fourth-order valence-corrected chi connectivity index (χ4v) is 5.20. The fourth-order valence-electron chi connectivity index (χ4n) is 3.54. The van der Waals surface area contributed by atoms with Crippen molar-refractivity contribution in [2.45, 2.75) is 11.3 Å². The van der Waals surface area contributed by atoms with Gasteiger partial charge in [-0.15, -0.1) is 0 Å². The van der Waals surface area contributed by atoms with E-state index in [1.54, 1.807) is 24.3 Å². The molecule has 0 bridgehead atoms. The standard InChI is InChI=1S/C17H16N2O5S/c20-15(18-8-7-12(9-18)17(21)22)10-19-13-5-1-3-11-4-2-6-14(16(11)13)25(19,23)24/h1-6,12H,7-10H2,(H,21,22). The summed E-state index contributed by atoms with van der Waals surface area (Å²) in [5.74, 6) is -1.89. The molecule has 4 rings (SSSR count). The Hall–Kier alpha value is -2.61. The van der Waals surface area contributed by atoms with Crippen LogP contribution in [0.15, 0.2) is 41.3 Å². The number of carbonyl (C=O) groups is 2. The molecule has 1 amide bonds. The van der Waals surface area contributed by atoms with Crippen LogP contribution in [0.4, 0.5) is 5.69 Å². The molecule has 8 heteroatoms. The van der Waals surface area contributed by atoms with E-state index in [0.29, 0.717) is 24.0 Å². The maximum Gasteiger partial charge on any atom is 0.308 e. The number of aliphatic carboxylic acids is 1. The molecule has 2 aromatic carbocycles. The molecule has 130 valence electrons. The summed E-state index contributed by atoms with van der Waals surface area (Å²) < 4.78 is 26.8. The normalized spacial score (nSPS) is 21.0. The van der Waals surface area contributed by atoms with Crippen molar-refractivity contribution in [1.82, 2.24) is 4.90 Å². The van der Waals surface area contributed by atoms with Gasteiger partial charge in [-0.1, -0.05) is 24.3 Å². The molecule has 0 aromatic heterocycles. The van der Waals surface area contributed by atoms with E-state index < -0.39 is 21.9 Å². The Balaban J connectivity index is 1.65. The van der Waals surface area contributed by atoms with E-state index in [-0.39, 0.29) is 23.9 Å². The van der Waals surface area contributed by atoms with Crippen LogP contribution in [0.25, 0.3) is 10.8 Å². The predicted molar refractivity (Wildman–Crippen MR) is 90.8 cm³/mol. The minimum Gasteiger partial charge on any atom is -0.481 e. The van der Waals surface area contributed by atoms with Crippen molar-refractivity contribution in [3.8, 4) is 0 Å². The Bertz CT molecular complexity index is 996. The van der Waals surface area contributed by atoms with Gasteiger partial charge in [0.2, 0.25) is 5.91 Å². The van der Waals surface area contributed by atoms with Crippen LogP contribution < -0.4 is 4.31 Å². The lowest BCUT2D eigenvalue weighted by Crippen LogP contribution is -2.41. The highest BCUT2D eigenvalue weighted by Crippen LogP contribution is 2.41. The lowest BCUT2D eigenvalue weighted by Gasteiger charge is -2.22. The molecule has 1 saturated heterocycles. The van der Waals surface area contributed by atoms with Crippen LogP contribution in [0.1, 0.15) is 6.42 Å². The van der Waals surface area contributed by atoms with Gasteiger partial charge in [0.05, 0.1) is 16.5 Å². The Morgan fingerprint density at radius 1 is 1.16 bits per heavy atom. The van der Waals surface area contributed by atoms with Gasteiger partial charge in [0.15, 0.2) is 0 Å². The Labute approximate surface area is 144 Å². The van der Waals surface area contributed by atoms with Gasteiger partial charge in [-0.2, -0.15) is 0 Å². The SMILES string of the molecule is O=C(O)C1CCN(C(=O)CN2c3cccc4cccc(c34)S2(=O)=O)C1. The molecule has 0 aliphatic carbocycles. The summed E-state index contributed by atoms with van der Waals surface area (Å²) in [7, 11) is -3.78. The van der Waals surface area contributed by atoms with Crippen LogP contribution in [0, 0.1) is 5.92 Å². The lowest BCUT2D eigenvalue weighted by molar-refractivity contribution is -0.141. The van der Waals surface area contributed by atoms with Crippen molar-refractivity contribution in [3.05, 3.63) is 36.4 Å². The van der Waals surface area contributed by atoms with Crippen LogP contribution in [-0.2, 0) is 19.6 Å². The number of carboxylic acids is 1. The van der Waals surface area contributed by atoms with Crippen LogP contribution in [-0.4, -0.2) is 49.9 Å². The van der Waals surface area contributed by atoms with Gasteiger partial charge in [-0.05, 0) is 23.9 Å². The predicted octanol–water partition coefficient (Wildman–Crippen LogP) is 1.28. The Morgan fingerprint density at radius 2 is 1.88 bits per heavy atom. The number of likely N-dealkylation sites (tertiary alicyclic amines) is 1. The summed E-state index contributed by atoms with van der Waals surface area (Å²) >= 11 is 0. The zero-order chi connectivity index (χ0) is 17.8. The van der Waals surface area contributed by atoms with Crippen molar-refractivity contribution < 1.29 is 23.1 Å². The van der Waals surface area contributed by atoms with Crippen molar-refractivity contribution in [2.75, 3.05) is 23.9 Å². The maximum atomic E-state index is 12.8. The third-order valence-corrected chi connectivity index (χ3v) is 6.65. The molecule has 0 spiro atoms. The number of nitrogens with zero attached hydrogens (tertiary/aromatic N) is 2. The second-order valence-electron chi connectivity index (χ2n) is 6.31. The summed E-state index contributed by atoms with van der Waals surface area (Å²) in [6.45, 7) is 0.141. The third-order valence-electron chi connectivity index (χ3n) is 4.85. The van der Waals surface area contributed by atoms with Gasteiger partial charge in [-0.3, -0.25) is 13.9 Å². The smallest absolute Gasteiger partial charge is 0.308 e. The highest BCUT2D eigenvalue weighted by Gasteiger charge is 2.39. The molecule has 0 saturated carbocycles. The average Bonchev–Trinajstić information content (AvgIpc) is 3.15. The van der Waals surface area contributed by atoms with E-state index in [4.69, 9.17) is 5.11 Å². The van der Waals surface area contributed by atoms with Crippen LogP contribution in [0.5, 0.6) is 0 Å². The van der Waals surface area contributed by atoms with E-state index in [1.165, 1.54) is 4.90 Å². The number of rotatable bonds is 3. The van der Waals surface area contributed by atoms with E-state index in [0.717, 1.165) is 9.69 Å². The first-order valence-corrected chi connectivity index (χ1v) is 9.38. The number of anilines is 1. The number of sulfonamides is 1. The molecular weight excluding hydrogens is 344 g/mol. The summed E-state index contributed by atoms with van der Waals surface area (Å²) in [6, 6.07) is 10.3. The molecule has 1 atom stereocenters. The molecule has 1 unspecified atom stereocenters. The first-order chi connectivity index (χ1) is 11.9. The average molecular weight is 360 g/mol. The summed E-state index contributed by atoms with van der Waals surface area (Å²) in [5, 5.41) is 10.5. The first kappa shape index (κ1) is 15.9. The zero-order valence-corrected chi connectivity index (χ0v) is 14.1. The third kappa shape index (κ3) is 2.36. The van der Waals surface area contributed by atoms with Gasteiger partial charge >= 0.3 is 5.97 Å². The number of hydrogen-bond acceptors (Lipinski definition) is 4. The van der Waals surface area contributed by atoms with Gasteiger partial charge < -0.3 is 10.0 Å². The molecule has 7 nitrogen and oxygen atoms in total. The van der Waals surface area contributed by atoms with Crippen LogP contribution >= 0.6 is 0 Å². The van der Waals surface area contributed by atoms with E-state index >= 15 is 0 Å². The molecule has 1 fully saturated rings. The molecule has 2 heterocycles. The summed E-state index contributed by atoms with van der Waals surface area (Å²) in [6.07, 6.45) is 0.392. The van der Waals surface area contributed by atoms with Crippen molar-refractivity contribution in [1.29, 1.82) is 0 Å². The first-order valence-electron chi connectivity index (χ1n) is 7.94. The van der Waals surface area contributed by atoms with Gasteiger partial charge in [-0.25, -0.2) is 8.42 Å². The fraction of sp³-hybridized carbons (Fsp3) is 0.294. The monoisotopic (exact) mass is 360 g/mol. The summed E-state index contributed by atoms with van der Waals surface area (Å²) in [4.78, 5) is 25.2. The number of carboxylic acid groups (broad SMARTS) is 1.